The van der Waals surface area contributed by atoms with E-state index in [0.29, 0.717) is 23.4 Å². The summed E-state index contributed by atoms with van der Waals surface area (Å²) in [5.74, 6) is 0.150. The van der Waals surface area contributed by atoms with Crippen molar-refractivity contribution in [3.8, 4) is 16.9 Å². The van der Waals surface area contributed by atoms with Crippen molar-refractivity contribution in [3.63, 3.8) is 0 Å². The van der Waals surface area contributed by atoms with Gasteiger partial charge in [-0.3, -0.25) is 9.78 Å². The van der Waals surface area contributed by atoms with Crippen molar-refractivity contribution in [3.05, 3.63) is 108 Å². The van der Waals surface area contributed by atoms with Crippen LogP contribution in [0.15, 0.2) is 101 Å². The molecule has 0 aliphatic carbocycles. The number of carbonyl (C=O) groups excluding carboxylic acids is 2. The van der Waals surface area contributed by atoms with Gasteiger partial charge in [-0.25, -0.2) is 0 Å². The lowest BCUT2D eigenvalue weighted by Gasteiger charge is -2.16. The number of fused-ring (bicyclic) bond motifs is 1. The first-order valence-corrected chi connectivity index (χ1v) is 13.7. The molecule has 3 N–H and O–H groups in total. The molecule has 4 aromatic carbocycles. The highest BCUT2D eigenvalue weighted by Crippen LogP contribution is 2.37. The zero-order valence-corrected chi connectivity index (χ0v) is 23.1. The highest BCUT2D eigenvalue weighted by atomic mass is 32.2. The largest absolute Gasteiger partial charge is 0.497 e. The highest BCUT2D eigenvalue weighted by molar-refractivity contribution is 7.99. The zero-order chi connectivity index (χ0) is 28.1. The Balaban J connectivity index is 1.45. The van der Waals surface area contributed by atoms with Gasteiger partial charge in [0.1, 0.15) is 12.0 Å². The summed E-state index contributed by atoms with van der Waals surface area (Å²) in [6.45, 7) is 2.01. The first-order chi connectivity index (χ1) is 19.4. The third-order valence-corrected chi connectivity index (χ3v) is 7.65. The molecule has 1 aromatic heterocycles. The van der Waals surface area contributed by atoms with Gasteiger partial charge in [-0.05, 0) is 72.0 Å². The van der Waals surface area contributed by atoms with Crippen LogP contribution < -0.4 is 15.8 Å². The van der Waals surface area contributed by atoms with E-state index in [9.17, 15) is 9.59 Å². The number of methoxy groups -OCH3 is 1. The van der Waals surface area contributed by atoms with E-state index in [4.69, 9.17) is 10.5 Å². The van der Waals surface area contributed by atoms with Gasteiger partial charge in [-0.1, -0.05) is 54.2 Å². The molecule has 0 saturated heterocycles. The number of nitrogens with zero attached hydrogens (tertiary/aromatic N) is 1. The lowest BCUT2D eigenvalue weighted by Crippen LogP contribution is -2.14. The molecule has 1 amide bonds. The number of hydrogen-bond acceptors (Lipinski definition) is 6. The van der Waals surface area contributed by atoms with E-state index in [1.54, 1.807) is 18.9 Å². The zero-order valence-electron chi connectivity index (χ0n) is 22.3. The van der Waals surface area contributed by atoms with E-state index < -0.39 is 5.91 Å². The number of benzene rings is 4. The second-order valence-electron chi connectivity index (χ2n) is 9.43. The summed E-state index contributed by atoms with van der Waals surface area (Å²) >= 11 is 1.64. The quantitative estimate of drug-likeness (QED) is 0.178. The summed E-state index contributed by atoms with van der Waals surface area (Å²) in [6, 6.07) is 28.4. The van der Waals surface area contributed by atoms with E-state index in [-0.39, 0.29) is 0 Å². The summed E-state index contributed by atoms with van der Waals surface area (Å²) in [5, 5.41) is 4.20. The van der Waals surface area contributed by atoms with Crippen molar-refractivity contribution in [2.24, 2.45) is 5.73 Å². The second-order valence-corrected chi connectivity index (χ2v) is 10.6. The lowest BCUT2D eigenvalue weighted by molar-refractivity contribution is -0.107. The van der Waals surface area contributed by atoms with Gasteiger partial charge >= 0.3 is 0 Å². The molecule has 0 spiro atoms. The molecule has 0 saturated carbocycles. The summed E-state index contributed by atoms with van der Waals surface area (Å²) in [5.41, 5.74) is 12.7. The average molecular weight is 548 g/mol. The standard InChI is InChI=1S/C33H29N3O3S/c1-21-17-28(40-27-14-12-24(13-15-27)23-10-8-22(9-11-23)5-4-16-37)19-29-31(21)35-20-30(33(34)38)32(29)36-25-6-3-7-26(18-25)39-2/h3,6-20H,4-5H2,1-2H3,(H2,34,38)(H,35,36). The van der Waals surface area contributed by atoms with Crippen molar-refractivity contribution < 1.29 is 14.3 Å². The number of amides is 1. The van der Waals surface area contributed by atoms with Crippen LogP contribution in [-0.2, 0) is 11.2 Å². The van der Waals surface area contributed by atoms with E-state index >= 15 is 0 Å². The molecule has 0 bridgehead atoms. The van der Waals surface area contributed by atoms with Crippen molar-refractivity contribution in [1.82, 2.24) is 4.98 Å². The van der Waals surface area contributed by atoms with E-state index in [1.165, 1.54) is 6.20 Å². The van der Waals surface area contributed by atoms with Gasteiger partial charge < -0.3 is 20.6 Å². The third-order valence-electron chi connectivity index (χ3n) is 6.67. The molecule has 0 aliphatic heterocycles. The molecular formula is C33H29N3O3S. The van der Waals surface area contributed by atoms with Gasteiger partial charge in [-0.2, -0.15) is 0 Å². The van der Waals surface area contributed by atoms with Gasteiger partial charge in [0.05, 0.1) is 23.9 Å². The fraction of sp³-hybridized carbons (Fsp3) is 0.121. The smallest absolute Gasteiger partial charge is 0.252 e. The number of carbonyl (C=O) groups is 2. The number of primary amides is 1. The minimum Gasteiger partial charge on any atom is -0.497 e. The Labute approximate surface area is 237 Å². The maximum atomic E-state index is 12.4. The maximum absolute atomic E-state index is 12.4. The summed E-state index contributed by atoms with van der Waals surface area (Å²) in [4.78, 5) is 29.7. The topological polar surface area (TPSA) is 94.3 Å². The van der Waals surface area contributed by atoms with E-state index in [2.05, 4.69) is 64.9 Å². The molecule has 0 atom stereocenters. The number of nitrogens with one attached hydrogen (secondary N) is 1. The van der Waals surface area contributed by atoms with Crippen LogP contribution in [0.3, 0.4) is 0 Å². The van der Waals surface area contributed by atoms with Crippen molar-refractivity contribution in [1.29, 1.82) is 0 Å². The molecule has 0 aliphatic rings. The van der Waals surface area contributed by atoms with Crippen LogP contribution in [0.1, 0.15) is 27.9 Å². The van der Waals surface area contributed by atoms with Crippen LogP contribution >= 0.6 is 11.8 Å². The minimum atomic E-state index is -0.553. The van der Waals surface area contributed by atoms with Gasteiger partial charge in [0.2, 0.25) is 0 Å². The fourth-order valence-corrected chi connectivity index (χ4v) is 5.57. The Kier molecular flexibility index (Phi) is 8.12. The highest BCUT2D eigenvalue weighted by Gasteiger charge is 2.16. The van der Waals surface area contributed by atoms with E-state index in [0.717, 1.165) is 61.3 Å². The number of aryl methyl sites for hydroxylation is 2. The number of nitrogens with two attached hydrogens (primary N) is 1. The predicted molar refractivity (Wildman–Crippen MR) is 162 cm³/mol. The van der Waals surface area contributed by atoms with Gasteiger partial charge in [0.25, 0.3) is 5.91 Å². The summed E-state index contributed by atoms with van der Waals surface area (Å²) in [6.07, 6.45) is 3.78. The molecule has 40 heavy (non-hydrogen) atoms. The van der Waals surface area contributed by atoms with Gasteiger partial charge in [0.15, 0.2) is 0 Å². The van der Waals surface area contributed by atoms with Crippen LogP contribution in [0, 0.1) is 6.92 Å². The van der Waals surface area contributed by atoms with Crippen LogP contribution in [0.5, 0.6) is 5.75 Å². The number of rotatable bonds is 10. The van der Waals surface area contributed by atoms with Gasteiger partial charge in [-0.15, -0.1) is 0 Å². The van der Waals surface area contributed by atoms with Crippen LogP contribution in [0.4, 0.5) is 11.4 Å². The number of hydrogen-bond donors (Lipinski definition) is 2. The average Bonchev–Trinajstić information content (AvgIpc) is 2.97. The Hall–Kier alpha value is -4.62. The summed E-state index contributed by atoms with van der Waals surface area (Å²) < 4.78 is 5.36. The van der Waals surface area contributed by atoms with Crippen LogP contribution in [0.2, 0.25) is 0 Å². The fourth-order valence-electron chi connectivity index (χ4n) is 4.61. The summed E-state index contributed by atoms with van der Waals surface area (Å²) in [7, 11) is 1.61. The predicted octanol–water partition coefficient (Wildman–Crippen LogP) is 7.34. The third kappa shape index (κ3) is 6.00. The van der Waals surface area contributed by atoms with E-state index in [1.807, 2.05) is 37.3 Å². The Bertz CT molecular complexity index is 1680. The Morgan fingerprint density at radius 3 is 2.38 bits per heavy atom. The molecule has 0 radical (unpaired) electrons. The van der Waals surface area contributed by atoms with Gasteiger partial charge in [0, 0.05) is 39.5 Å². The van der Waals surface area contributed by atoms with Crippen molar-refractivity contribution in [2.75, 3.05) is 12.4 Å². The first kappa shape index (κ1) is 27.0. The second kappa shape index (κ2) is 12.1. The van der Waals surface area contributed by atoms with Crippen molar-refractivity contribution in [2.45, 2.75) is 29.6 Å². The molecular weight excluding hydrogens is 518 g/mol. The first-order valence-electron chi connectivity index (χ1n) is 12.9. The Morgan fingerprint density at radius 1 is 0.975 bits per heavy atom. The van der Waals surface area contributed by atoms with Crippen LogP contribution in [0.25, 0.3) is 22.0 Å². The molecule has 1 heterocycles. The number of pyridine rings is 1. The number of aldehydes is 1. The molecule has 0 fully saturated rings. The normalized spacial score (nSPS) is 10.8. The minimum absolute atomic E-state index is 0.318. The lowest BCUT2D eigenvalue weighted by atomic mass is 10.0. The maximum Gasteiger partial charge on any atom is 0.252 e. The van der Waals surface area contributed by atoms with Crippen molar-refractivity contribution >= 4 is 46.2 Å². The number of aromatic nitrogens is 1. The molecule has 7 heteroatoms. The molecule has 5 rings (SSSR count). The number of ether oxygens (including phenoxy) is 1. The molecule has 6 nitrogen and oxygen atoms in total. The number of anilines is 2. The SMILES string of the molecule is COc1cccc(Nc2c(C(N)=O)cnc3c(C)cc(Sc4ccc(-c5ccc(CCC=O)cc5)cc4)cc23)c1. The van der Waals surface area contributed by atoms with Crippen LogP contribution in [-0.4, -0.2) is 24.3 Å². The molecule has 5 aromatic rings. The monoisotopic (exact) mass is 547 g/mol. The molecule has 200 valence electrons. The Morgan fingerprint density at radius 2 is 1.70 bits per heavy atom. The molecule has 0 unspecified atom stereocenters.